The van der Waals surface area contributed by atoms with Gasteiger partial charge < -0.3 is 20.3 Å². The zero-order chi connectivity index (χ0) is 16.3. The molecule has 0 aromatic heterocycles. The summed E-state index contributed by atoms with van der Waals surface area (Å²) >= 11 is 0. The number of nitrogens with zero attached hydrogens (tertiary/aromatic N) is 2. The first-order valence-corrected chi connectivity index (χ1v) is 8.55. The Hall–Kier alpha value is -1.30. The Labute approximate surface area is 150 Å². The van der Waals surface area contributed by atoms with Crippen molar-refractivity contribution in [3.8, 4) is 5.75 Å². The standard InChI is InChI=1S/C18H27N3O2.ClH/c1-20-11-8-18(9-12-20)14-21(17(22)7-4-10-19)13-15-5-2-3-6-16(15)23-18;/h2-3,5-6H,4,7-14,19H2,1H3;1H. The highest BCUT2D eigenvalue weighted by Crippen LogP contribution is 2.35. The van der Waals surface area contributed by atoms with E-state index in [0.717, 1.165) is 43.7 Å². The molecular formula is C18H28ClN3O2. The summed E-state index contributed by atoms with van der Waals surface area (Å²) in [5, 5.41) is 0. The van der Waals surface area contributed by atoms with Gasteiger partial charge in [0.05, 0.1) is 6.54 Å². The van der Waals surface area contributed by atoms with Crippen molar-refractivity contribution < 1.29 is 9.53 Å². The number of benzene rings is 1. The van der Waals surface area contributed by atoms with Gasteiger partial charge in [0.15, 0.2) is 0 Å². The SMILES string of the molecule is CN1CCC2(CC1)CN(C(=O)CCCN)Cc1ccccc1O2.Cl. The smallest absolute Gasteiger partial charge is 0.223 e. The summed E-state index contributed by atoms with van der Waals surface area (Å²) in [5.41, 5.74) is 6.41. The molecule has 0 bridgehead atoms. The van der Waals surface area contributed by atoms with E-state index in [-0.39, 0.29) is 23.9 Å². The van der Waals surface area contributed by atoms with Gasteiger partial charge in [-0.2, -0.15) is 0 Å². The number of amides is 1. The van der Waals surface area contributed by atoms with Crippen LogP contribution in [-0.2, 0) is 11.3 Å². The van der Waals surface area contributed by atoms with E-state index in [9.17, 15) is 4.79 Å². The fourth-order valence-electron chi connectivity index (χ4n) is 3.48. The van der Waals surface area contributed by atoms with Crippen LogP contribution in [0.15, 0.2) is 24.3 Å². The summed E-state index contributed by atoms with van der Waals surface area (Å²) in [6.07, 6.45) is 3.18. The number of piperidine rings is 1. The van der Waals surface area contributed by atoms with Crippen molar-refractivity contribution >= 4 is 18.3 Å². The van der Waals surface area contributed by atoms with Crippen LogP contribution in [0.2, 0.25) is 0 Å². The van der Waals surface area contributed by atoms with Gasteiger partial charge in [-0.3, -0.25) is 4.79 Å². The second-order valence-corrected chi connectivity index (χ2v) is 6.84. The fourth-order valence-corrected chi connectivity index (χ4v) is 3.48. The highest BCUT2D eigenvalue weighted by Gasteiger charge is 2.41. The molecule has 3 rings (SSSR count). The number of rotatable bonds is 3. The third-order valence-corrected chi connectivity index (χ3v) is 4.99. The number of nitrogens with two attached hydrogens (primary N) is 1. The van der Waals surface area contributed by atoms with Crippen LogP contribution < -0.4 is 10.5 Å². The number of carbonyl (C=O) groups excluding carboxylic acids is 1. The van der Waals surface area contributed by atoms with Gasteiger partial charge >= 0.3 is 0 Å². The van der Waals surface area contributed by atoms with Crippen LogP contribution in [0.1, 0.15) is 31.2 Å². The summed E-state index contributed by atoms with van der Waals surface area (Å²) in [6.45, 7) is 3.89. The van der Waals surface area contributed by atoms with E-state index in [4.69, 9.17) is 10.5 Å². The molecule has 1 aromatic carbocycles. The van der Waals surface area contributed by atoms with Crippen LogP contribution in [0, 0.1) is 0 Å². The second kappa shape index (κ2) is 8.19. The van der Waals surface area contributed by atoms with Crippen molar-refractivity contribution in [2.45, 2.75) is 37.8 Å². The maximum Gasteiger partial charge on any atom is 0.223 e. The maximum absolute atomic E-state index is 12.6. The third-order valence-electron chi connectivity index (χ3n) is 4.99. The lowest BCUT2D eigenvalue weighted by molar-refractivity contribution is -0.135. The zero-order valence-electron chi connectivity index (χ0n) is 14.4. The van der Waals surface area contributed by atoms with E-state index in [1.807, 2.05) is 23.1 Å². The molecule has 0 radical (unpaired) electrons. The summed E-state index contributed by atoms with van der Waals surface area (Å²) in [4.78, 5) is 16.9. The van der Waals surface area contributed by atoms with Crippen LogP contribution >= 0.6 is 12.4 Å². The van der Waals surface area contributed by atoms with Crippen molar-refractivity contribution in [3.05, 3.63) is 29.8 Å². The van der Waals surface area contributed by atoms with Crippen LogP contribution in [0.4, 0.5) is 0 Å². The zero-order valence-corrected chi connectivity index (χ0v) is 15.2. The molecule has 1 aromatic rings. The van der Waals surface area contributed by atoms with Crippen LogP contribution in [-0.4, -0.2) is 54.5 Å². The first kappa shape index (κ1) is 19.0. The molecule has 1 spiro atoms. The monoisotopic (exact) mass is 353 g/mol. The van der Waals surface area contributed by atoms with Gasteiger partial charge in [0.1, 0.15) is 11.4 Å². The summed E-state index contributed by atoms with van der Waals surface area (Å²) in [5.74, 6) is 1.13. The normalized spacial score (nSPS) is 19.8. The number of halogens is 1. The number of likely N-dealkylation sites (tertiary alicyclic amines) is 1. The molecule has 2 aliphatic rings. The van der Waals surface area contributed by atoms with Gasteiger partial charge in [-0.25, -0.2) is 0 Å². The molecular weight excluding hydrogens is 326 g/mol. The second-order valence-electron chi connectivity index (χ2n) is 6.84. The molecule has 2 N–H and O–H groups in total. The highest BCUT2D eigenvalue weighted by atomic mass is 35.5. The summed E-state index contributed by atoms with van der Waals surface area (Å²) < 4.78 is 6.47. The number of hydrogen-bond acceptors (Lipinski definition) is 4. The van der Waals surface area contributed by atoms with E-state index in [1.165, 1.54) is 0 Å². The predicted molar refractivity (Wildman–Crippen MR) is 97.5 cm³/mol. The Kier molecular flexibility index (Phi) is 6.49. The fraction of sp³-hybridized carbons (Fsp3) is 0.611. The number of ether oxygens (including phenoxy) is 1. The largest absolute Gasteiger partial charge is 0.485 e. The van der Waals surface area contributed by atoms with E-state index in [2.05, 4.69) is 18.0 Å². The molecule has 5 nitrogen and oxygen atoms in total. The van der Waals surface area contributed by atoms with Crippen LogP contribution in [0.25, 0.3) is 0 Å². The summed E-state index contributed by atoms with van der Waals surface area (Å²) in [6, 6.07) is 8.11. The minimum atomic E-state index is -0.252. The molecule has 6 heteroatoms. The van der Waals surface area contributed by atoms with Crippen LogP contribution in [0.5, 0.6) is 5.75 Å². The van der Waals surface area contributed by atoms with Gasteiger partial charge in [-0.1, -0.05) is 18.2 Å². The van der Waals surface area contributed by atoms with Crippen molar-refractivity contribution in [1.82, 2.24) is 9.80 Å². The van der Waals surface area contributed by atoms with E-state index < -0.39 is 0 Å². The average molecular weight is 354 g/mol. The molecule has 2 aliphatic heterocycles. The molecule has 1 amide bonds. The van der Waals surface area contributed by atoms with Crippen molar-refractivity contribution in [3.63, 3.8) is 0 Å². The molecule has 0 aliphatic carbocycles. The Morgan fingerprint density at radius 3 is 2.71 bits per heavy atom. The molecule has 0 saturated carbocycles. The minimum Gasteiger partial charge on any atom is -0.485 e. The maximum atomic E-state index is 12.6. The van der Waals surface area contributed by atoms with E-state index in [0.29, 0.717) is 26.1 Å². The average Bonchev–Trinajstić information content (AvgIpc) is 2.72. The molecule has 0 unspecified atom stereocenters. The molecule has 1 fully saturated rings. The van der Waals surface area contributed by atoms with Gasteiger partial charge in [-0.05, 0) is 26.1 Å². The minimum absolute atomic E-state index is 0. The van der Waals surface area contributed by atoms with Crippen molar-refractivity contribution in [2.75, 3.05) is 33.2 Å². The van der Waals surface area contributed by atoms with E-state index >= 15 is 0 Å². The number of hydrogen-bond donors (Lipinski definition) is 1. The van der Waals surface area contributed by atoms with Gasteiger partial charge in [0, 0.05) is 44.5 Å². The number of carbonyl (C=O) groups is 1. The van der Waals surface area contributed by atoms with E-state index in [1.54, 1.807) is 0 Å². The predicted octanol–water partition coefficient (Wildman–Crippen LogP) is 2.03. The quantitative estimate of drug-likeness (QED) is 0.903. The Morgan fingerprint density at radius 1 is 1.29 bits per heavy atom. The molecule has 2 heterocycles. The Bertz CT molecular complexity index is 559. The summed E-state index contributed by atoms with van der Waals surface area (Å²) in [7, 11) is 2.14. The van der Waals surface area contributed by atoms with Gasteiger partial charge in [-0.15, -0.1) is 12.4 Å². The molecule has 24 heavy (non-hydrogen) atoms. The lowest BCUT2D eigenvalue weighted by Gasteiger charge is -2.41. The van der Waals surface area contributed by atoms with Crippen molar-refractivity contribution in [2.24, 2.45) is 5.73 Å². The lowest BCUT2D eigenvalue weighted by atomic mass is 9.90. The topological polar surface area (TPSA) is 58.8 Å². The Balaban J connectivity index is 0.00000208. The van der Waals surface area contributed by atoms with Crippen molar-refractivity contribution in [1.29, 1.82) is 0 Å². The molecule has 0 atom stereocenters. The first-order valence-electron chi connectivity index (χ1n) is 8.55. The highest BCUT2D eigenvalue weighted by molar-refractivity contribution is 5.85. The number of fused-ring (bicyclic) bond motifs is 1. The van der Waals surface area contributed by atoms with Crippen LogP contribution in [0.3, 0.4) is 0 Å². The van der Waals surface area contributed by atoms with Gasteiger partial charge in [0.25, 0.3) is 0 Å². The first-order chi connectivity index (χ1) is 11.1. The molecule has 134 valence electrons. The lowest BCUT2D eigenvalue weighted by Crippen LogP contribution is -2.53. The Morgan fingerprint density at radius 2 is 2.00 bits per heavy atom. The molecule has 1 saturated heterocycles. The number of para-hydroxylation sites is 1. The van der Waals surface area contributed by atoms with Gasteiger partial charge in [0.2, 0.25) is 5.91 Å². The third kappa shape index (κ3) is 4.21.